The molecule has 7 heteroatoms. The molecule has 1 rings (SSSR count). The summed E-state index contributed by atoms with van der Waals surface area (Å²) < 4.78 is 5.35. The molecule has 1 aromatic rings. The highest BCUT2D eigenvalue weighted by Gasteiger charge is 2.16. The number of hydrogen-bond donors (Lipinski definition) is 2. The Kier molecular flexibility index (Phi) is 9.89. The van der Waals surface area contributed by atoms with Crippen molar-refractivity contribution < 1.29 is 4.74 Å². The van der Waals surface area contributed by atoms with E-state index in [9.17, 15) is 0 Å². The summed E-state index contributed by atoms with van der Waals surface area (Å²) in [5.74, 6) is 0.761. The van der Waals surface area contributed by atoms with Gasteiger partial charge in [0.15, 0.2) is 5.96 Å². The minimum Gasteiger partial charge on any atom is -0.377 e. The molecule has 2 N–H and O–H groups in total. The molecular weight excluding hydrogens is 403 g/mol. The maximum absolute atomic E-state index is 5.75. The van der Waals surface area contributed by atoms with Crippen molar-refractivity contribution in [2.75, 3.05) is 27.2 Å². The van der Waals surface area contributed by atoms with Gasteiger partial charge in [0, 0.05) is 33.4 Å². The molecule has 120 valence electrons. The summed E-state index contributed by atoms with van der Waals surface area (Å²) in [6, 6.07) is 3.77. The molecule has 0 aliphatic carbocycles. The smallest absolute Gasteiger partial charge is 0.191 e. The zero-order chi connectivity index (χ0) is 15.0. The molecule has 0 spiro atoms. The summed E-state index contributed by atoms with van der Waals surface area (Å²) >= 11 is 5.75. The van der Waals surface area contributed by atoms with Gasteiger partial charge in [0.1, 0.15) is 5.15 Å². The van der Waals surface area contributed by atoms with Crippen molar-refractivity contribution in [3.8, 4) is 0 Å². The molecule has 0 radical (unpaired) electrons. The van der Waals surface area contributed by atoms with Gasteiger partial charge in [0.05, 0.1) is 5.60 Å². The molecule has 1 heterocycles. The van der Waals surface area contributed by atoms with Crippen molar-refractivity contribution in [1.29, 1.82) is 0 Å². The molecule has 0 unspecified atom stereocenters. The van der Waals surface area contributed by atoms with E-state index in [0.29, 0.717) is 11.7 Å². The van der Waals surface area contributed by atoms with Crippen molar-refractivity contribution in [3.05, 3.63) is 29.0 Å². The Balaban J connectivity index is 0.00000400. The second-order valence-corrected chi connectivity index (χ2v) is 5.44. The Morgan fingerprint density at radius 3 is 2.62 bits per heavy atom. The second kappa shape index (κ2) is 10.2. The van der Waals surface area contributed by atoms with E-state index in [4.69, 9.17) is 16.3 Å². The Bertz CT molecular complexity index is 437. The summed E-state index contributed by atoms with van der Waals surface area (Å²) in [5, 5.41) is 7.00. The summed E-state index contributed by atoms with van der Waals surface area (Å²) in [6.07, 6.45) is 2.65. The van der Waals surface area contributed by atoms with Crippen molar-refractivity contribution >= 4 is 41.5 Å². The molecule has 1 aromatic heterocycles. The number of rotatable bonds is 6. The van der Waals surface area contributed by atoms with Gasteiger partial charge in [-0.05, 0) is 31.9 Å². The van der Waals surface area contributed by atoms with E-state index in [1.165, 1.54) is 0 Å². The van der Waals surface area contributed by atoms with Crippen LogP contribution in [0.1, 0.15) is 19.4 Å². The average molecular weight is 427 g/mol. The highest BCUT2D eigenvalue weighted by molar-refractivity contribution is 14.0. The Morgan fingerprint density at radius 2 is 2.10 bits per heavy atom. The fourth-order valence-corrected chi connectivity index (χ4v) is 1.58. The number of aromatic nitrogens is 1. The molecule has 0 aliphatic heterocycles. The lowest BCUT2D eigenvalue weighted by molar-refractivity contribution is 0.0268. The summed E-state index contributed by atoms with van der Waals surface area (Å²) in [6.45, 7) is 5.50. The van der Waals surface area contributed by atoms with Crippen molar-refractivity contribution in [2.45, 2.75) is 25.9 Å². The zero-order valence-corrected chi connectivity index (χ0v) is 16.0. The largest absolute Gasteiger partial charge is 0.377 e. The minimum absolute atomic E-state index is 0. The maximum atomic E-state index is 5.75. The van der Waals surface area contributed by atoms with Gasteiger partial charge in [0.2, 0.25) is 0 Å². The molecule has 0 saturated heterocycles. The number of hydrogen-bond acceptors (Lipinski definition) is 3. The fraction of sp³-hybridized carbons (Fsp3) is 0.571. The minimum atomic E-state index is -0.224. The normalized spacial score (nSPS) is 11.8. The molecule has 5 nitrogen and oxygen atoms in total. The Labute approximate surface area is 148 Å². The van der Waals surface area contributed by atoms with Crippen LogP contribution in [0, 0.1) is 0 Å². The van der Waals surface area contributed by atoms with E-state index in [1.54, 1.807) is 26.4 Å². The van der Waals surface area contributed by atoms with E-state index in [2.05, 4.69) is 20.6 Å². The van der Waals surface area contributed by atoms with Crippen LogP contribution in [0.15, 0.2) is 23.3 Å². The molecule has 0 aliphatic rings. The van der Waals surface area contributed by atoms with E-state index < -0.39 is 0 Å². The fourth-order valence-electron chi connectivity index (χ4n) is 1.47. The topological polar surface area (TPSA) is 58.5 Å². The van der Waals surface area contributed by atoms with Crippen LogP contribution in [-0.4, -0.2) is 43.8 Å². The van der Waals surface area contributed by atoms with Crippen LogP contribution in [0.3, 0.4) is 0 Å². The second-order valence-electron chi connectivity index (χ2n) is 5.06. The molecule has 0 saturated carbocycles. The lowest BCUT2D eigenvalue weighted by atomic mass is 10.1. The first-order valence-electron chi connectivity index (χ1n) is 6.57. The predicted molar refractivity (Wildman–Crippen MR) is 98.8 cm³/mol. The highest BCUT2D eigenvalue weighted by atomic mass is 127. The first-order valence-corrected chi connectivity index (χ1v) is 6.95. The SMILES string of the molecule is CN=C(NCCc1ccc(Cl)nc1)NCC(C)(C)OC.I. The van der Waals surface area contributed by atoms with Crippen LogP contribution >= 0.6 is 35.6 Å². The quantitative estimate of drug-likeness (QED) is 0.318. The Morgan fingerprint density at radius 1 is 1.38 bits per heavy atom. The number of nitrogens with one attached hydrogen (secondary N) is 2. The van der Waals surface area contributed by atoms with Crippen LogP contribution < -0.4 is 10.6 Å². The van der Waals surface area contributed by atoms with Crippen LogP contribution in [-0.2, 0) is 11.2 Å². The monoisotopic (exact) mass is 426 g/mol. The van der Waals surface area contributed by atoms with Crippen molar-refractivity contribution in [1.82, 2.24) is 15.6 Å². The lowest BCUT2D eigenvalue weighted by Crippen LogP contribution is -2.45. The number of aliphatic imine (C=N–C) groups is 1. The molecule has 0 bridgehead atoms. The van der Waals surface area contributed by atoms with Crippen molar-refractivity contribution in [2.24, 2.45) is 4.99 Å². The standard InChI is InChI=1S/C14H23ClN4O.HI/c1-14(2,20-4)10-19-13(16-3)17-8-7-11-5-6-12(15)18-9-11;/h5-6,9H,7-8,10H2,1-4H3,(H2,16,17,19);1H. The number of guanidine groups is 1. The third-order valence-electron chi connectivity index (χ3n) is 2.95. The number of methoxy groups -OCH3 is 1. The maximum Gasteiger partial charge on any atom is 0.191 e. The summed E-state index contributed by atoms with van der Waals surface area (Å²) in [7, 11) is 3.45. The highest BCUT2D eigenvalue weighted by Crippen LogP contribution is 2.05. The van der Waals surface area contributed by atoms with Gasteiger partial charge in [-0.1, -0.05) is 17.7 Å². The molecule has 0 fully saturated rings. The van der Waals surface area contributed by atoms with Crippen LogP contribution in [0.4, 0.5) is 0 Å². The third-order valence-corrected chi connectivity index (χ3v) is 3.18. The summed E-state index contributed by atoms with van der Waals surface area (Å²) in [5.41, 5.74) is 0.909. The number of nitrogens with zero attached hydrogens (tertiary/aromatic N) is 2. The average Bonchev–Trinajstić information content (AvgIpc) is 2.44. The molecule has 0 aromatic carbocycles. The van der Waals surface area contributed by atoms with E-state index >= 15 is 0 Å². The summed E-state index contributed by atoms with van der Waals surface area (Å²) in [4.78, 5) is 8.22. The molecule has 0 amide bonds. The van der Waals surface area contributed by atoms with Crippen molar-refractivity contribution in [3.63, 3.8) is 0 Å². The van der Waals surface area contributed by atoms with Gasteiger partial charge in [-0.3, -0.25) is 4.99 Å². The van der Waals surface area contributed by atoms with E-state index in [0.717, 1.165) is 24.5 Å². The molecule has 21 heavy (non-hydrogen) atoms. The first-order chi connectivity index (χ1) is 9.46. The number of halogens is 2. The lowest BCUT2D eigenvalue weighted by Gasteiger charge is -2.24. The van der Waals surface area contributed by atoms with Gasteiger partial charge < -0.3 is 15.4 Å². The molecular formula is C14H24ClIN4O. The van der Waals surface area contributed by atoms with E-state index in [1.807, 2.05) is 19.9 Å². The molecule has 0 atom stereocenters. The predicted octanol–water partition coefficient (Wildman–Crippen LogP) is 2.49. The van der Waals surface area contributed by atoms with Gasteiger partial charge in [-0.15, -0.1) is 24.0 Å². The first kappa shape index (κ1) is 20.4. The van der Waals surface area contributed by atoms with Gasteiger partial charge >= 0.3 is 0 Å². The zero-order valence-electron chi connectivity index (χ0n) is 12.9. The van der Waals surface area contributed by atoms with Gasteiger partial charge in [-0.25, -0.2) is 4.98 Å². The van der Waals surface area contributed by atoms with Gasteiger partial charge in [-0.2, -0.15) is 0 Å². The van der Waals surface area contributed by atoms with Crippen LogP contribution in [0.2, 0.25) is 5.15 Å². The number of pyridine rings is 1. The third kappa shape index (κ3) is 8.43. The van der Waals surface area contributed by atoms with Crippen LogP contribution in [0.25, 0.3) is 0 Å². The van der Waals surface area contributed by atoms with Crippen LogP contribution in [0.5, 0.6) is 0 Å². The Hall–Kier alpha value is -0.600. The van der Waals surface area contributed by atoms with E-state index in [-0.39, 0.29) is 29.6 Å². The number of ether oxygens (including phenoxy) is 1. The van der Waals surface area contributed by atoms with Gasteiger partial charge in [0.25, 0.3) is 0 Å².